The molecule has 0 aliphatic carbocycles. The van der Waals surface area contributed by atoms with Crippen molar-refractivity contribution in [2.75, 3.05) is 6.61 Å². The molecule has 2 nitrogen and oxygen atoms in total. The van der Waals surface area contributed by atoms with Crippen molar-refractivity contribution in [3.05, 3.63) is 21.9 Å². The molecule has 1 aromatic heterocycles. The Kier molecular flexibility index (Phi) is 3.67. The Balaban J connectivity index is 1.82. The molecule has 1 unspecified atom stereocenters. The second kappa shape index (κ2) is 4.86. The molecule has 0 saturated carbocycles. The summed E-state index contributed by atoms with van der Waals surface area (Å²) in [5.74, 6) is 0. The SMILES string of the molecule is Cc1ccc(CNC2CCOC(C)(C)C2)s1. The van der Waals surface area contributed by atoms with Gasteiger partial charge in [-0.25, -0.2) is 0 Å². The maximum atomic E-state index is 5.71. The van der Waals surface area contributed by atoms with Gasteiger partial charge in [-0.2, -0.15) is 0 Å². The highest BCUT2D eigenvalue weighted by Crippen LogP contribution is 2.24. The first-order valence-corrected chi connectivity index (χ1v) is 6.79. The maximum absolute atomic E-state index is 5.71. The highest BCUT2D eigenvalue weighted by Gasteiger charge is 2.28. The second-order valence-corrected chi connectivity index (χ2v) is 6.56. The van der Waals surface area contributed by atoms with Gasteiger partial charge in [0.1, 0.15) is 0 Å². The zero-order valence-electron chi connectivity index (χ0n) is 10.4. The fourth-order valence-electron chi connectivity index (χ4n) is 2.23. The van der Waals surface area contributed by atoms with E-state index in [-0.39, 0.29) is 5.60 Å². The minimum atomic E-state index is 0.0429. The van der Waals surface area contributed by atoms with Crippen LogP contribution in [0.3, 0.4) is 0 Å². The Morgan fingerprint density at radius 2 is 2.31 bits per heavy atom. The van der Waals surface area contributed by atoms with Crippen LogP contribution in [0.25, 0.3) is 0 Å². The van der Waals surface area contributed by atoms with Crippen LogP contribution in [0.15, 0.2) is 12.1 Å². The molecule has 1 fully saturated rings. The van der Waals surface area contributed by atoms with Gasteiger partial charge in [-0.05, 0) is 45.7 Å². The molecule has 1 saturated heterocycles. The summed E-state index contributed by atoms with van der Waals surface area (Å²) >= 11 is 1.88. The van der Waals surface area contributed by atoms with Crippen molar-refractivity contribution in [1.82, 2.24) is 5.32 Å². The first kappa shape index (κ1) is 12.1. The number of rotatable bonds is 3. The van der Waals surface area contributed by atoms with E-state index >= 15 is 0 Å². The van der Waals surface area contributed by atoms with Crippen molar-refractivity contribution in [3.8, 4) is 0 Å². The fraction of sp³-hybridized carbons (Fsp3) is 0.692. The largest absolute Gasteiger partial charge is 0.375 e. The predicted octanol–water partition coefficient (Wildman–Crippen LogP) is 3.10. The molecule has 1 atom stereocenters. The fourth-order valence-corrected chi connectivity index (χ4v) is 3.07. The Morgan fingerprint density at radius 3 is 2.94 bits per heavy atom. The summed E-state index contributed by atoms with van der Waals surface area (Å²) in [6.45, 7) is 8.39. The molecule has 3 heteroatoms. The lowest BCUT2D eigenvalue weighted by Gasteiger charge is -2.35. The van der Waals surface area contributed by atoms with Crippen molar-refractivity contribution >= 4 is 11.3 Å². The van der Waals surface area contributed by atoms with Crippen LogP contribution >= 0.6 is 11.3 Å². The van der Waals surface area contributed by atoms with E-state index in [1.807, 2.05) is 11.3 Å². The first-order chi connectivity index (χ1) is 7.55. The molecular weight excluding hydrogens is 218 g/mol. The Morgan fingerprint density at radius 1 is 1.50 bits per heavy atom. The molecule has 0 amide bonds. The summed E-state index contributed by atoms with van der Waals surface area (Å²) in [5, 5.41) is 3.64. The van der Waals surface area contributed by atoms with E-state index in [0.717, 1.165) is 26.0 Å². The smallest absolute Gasteiger partial charge is 0.0641 e. The normalized spacial score (nSPS) is 24.6. The molecule has 0 aromatic carbocycles. The lowest BCUT2D eigenvalue weighted by atomic mass is 9.94. The molecule has 1 aromatic rings. The van der Waals surface area contributed by atoms with Gasteiger partial charge in [-0.15, -0.1) is 11.3 Å². The molecule has 0 spiro atoms. The average Bonchev–Trinajstić information content (AvgIpc) is 2.60. The first-order valence-electron chi connectivity index (χ1n) is 5.98. The summed E-state index contributed by atoms with van der Waals surface area (Å²) < 4.78 is 5.71. The van der Waals surface area contributed by atoms with E-state index in [1.54, 1.807) is 0 Å². The zero-order chi connectivity index (χ0) is 11.6. The van der Waals surface area contributed by atoms with Crippen LogP contribution in [0.5, 0.6) is 0 Å². The van der Waals surface area contributed by atoms with Gasteiger partial charge in [0.25, 0.3) is 0 Å². The van der Waals surface area contributed by atoms with Gasteiger partial charge in [0.2, 0.25) is 0 Å². The van der Waals surface area contributed by atoms with Crippen molar-refractivity contribution in [1.29, 1.82) is 0 Å². The lowest BCUT2D eigenvalue weighted by Crippen LogP contribution is -2.43. The van der Waals surface area contributed by atoms with Gasteiger partial charge in [0.15, 0.2) is 0 Å². The quantitative estimate of drug-likeness (QED) is 0.875. The second-order valence-electron chi connectivity index (χ2n) is 5.19. The van der Waals surface area contributed by atoms with Gasteiger partial charge < -0.3 is 10.1 Å². The minimum Gasteiger partial charge on any atom is -0.375 e. The van der Waals surface area contributed by atoms with E-state index in [2.05, 4.69) is 38.2 Å². The highest BCUT2D eigenvalue weighted by atomic mass is 32.1. The van der Waals surface area contributed by atoms with Crippen molar-refractivity contribution in [2.24, 2.45) is 0 Å². The monoisotopic (exact) mass is 239 g/mol. The predicted molar refractivity (Wildman–Crippen MR) is 68.9 cm³/mol. The number of thiophene rings is 1. The molecule has 2 rings (SSSR count). The summed E-state index contributed by atoms with van der Waals surface area (Å²) in [6, 6.07) is 5.01. The molecule has 1 aliphatic rings. The average molecular weight is 239 g/mol. The molecule has 16 heavy (non-hydrogen) atoms. The molecule has 0 radical (unpaired) electrons. The van der Waals surface area contributed by atoms with Crippen molar-refractivity contribution in [2.45, 2.75) is 51.8 Å². The number of hydrogen-bond acceptors (Lipinski definition) is 3. The molecule has 90 valence electrons. The Labute approximate surface area is 102 Å². The van der Waals surface area contributed by atoms with E-state index in [1.165, 1.54) is 9.75 Å². The third-order valence-electron chi connectivity index (χ3n) is 3.06. The summed E-state index contributed by atoms with van der Waals surface area (Å²) in [5.41, 5.74) is 0.0429. The van der Waals surface area contributed by atoms with Gasteiger partial charge in [-0.3, -0.25) is 0 Å². The number of nitrogens with one attached hydrogen (secondary N) is 1. The Bertz CT molecular complexity index is 345. The maximum Gasteiger partial charge on any atom is 0.0641 e. The molecule has 1 aliphatic heterocycles. The van der Waals surface area contributed by atoms with E-state index in [4.69, 9.17) is 4.74 Å². The van der Waals surface area contributed by atoms with Crippen LogP contribution in [0.1, 0.15) is 36.4 Å². The summed E-state index contributed by atoms with van der Waals surface area (Å²) in [7, 11) is 0. The summed E-state index contributed by atoms with van der Waals surface area (Å²) in [6.07, 6.45) is 2.24. The number of ether oxygens (including phenoxy) is 1. The van der Waals surface area contributed by atoms with Crippen molar-refractivity contribution < 1.29 is 4.74 Å². The molecular formula is C13H21NOS. The van der Waals surface area contributed by atoms with Crippen LogP contribution in [0.2, 0.25) is 0 Å². The lowest BCUT2D eigenvalue weighted by molar-refractivity contribution is -0.0630. The van der Waals surface area contributed by atoms with Crippen molar-refractivity contribution in [3.63, 3.8) is 0 Å². The standard InChI is InChI=1S/C13H21NOS/c1-10-4-5-12(16-10)9-14-11-6-7-15-13(2,3)8-11/h4-5,11,14H,6-9H2,1-3H3. The van der Waals surface area contributed by atoms with Gasteiger partial charge >= 0.3 is 0 Å². The van der Waals surface area contributed by atoms with Gasteiger partial charge in [0.05, 0.1) is 5.60 Å². The van der Waals surface area contributed by atoms with Gasteiger partial charge in [-0.1, -0.05) is 0 Å². The van der Waals surface area contributed by atoms with Gasteiger partial charge in [0, 0.05) is 28.9 Å². The third-order valence-corrected chi connectivity index (χ3v) is 4.06. The van der Waals surface area contributed by atoms with Crippen LogP contribution < -0.4 is 5.32 Å². The number of hydrogen-bond donors (Lipinski definition) is 1. The van der Waals surface area contributed by atoms with E-state index < -0.39 is 0 Å². The van der Waals surface area contributed by atoms with Crippen LogP contribution in [-0.4, -0.2) is 18.2 Å². The molecule has 1 N–H and O–H groups in total. The van der Waals surface area contributed by atoms with Crippen LogP contribution in [0, 0.1) is 6.92 Å². The van der Waals surface area contributed by atoms with Crippen LogP contribution in [0.4, 0.5) is 0 Å². The molecule has 0 bridgehead atoms. The minimum absolute atomic E-state index is 0.0429. The van der Waals surface area contributed by atoms with E-state index in [0.29, 0.717) is 6.04 Å². The molecule has 2 heterocycles. The van der Waals surface area contributed by atoms with E-state index in [9.17, 15) is 0 Å². The number of aryl methyl sites for hydroxylation is 1. The Hall–Kier alpha value is -0.380. The van der Waals surface area contributed by atoms with Crippen LogP contribution in [-0.2, 0) is 11.3 Å². The summed E-state index contributed by atoms with van der Waals surface area (Å²) in [4.78, 5) is 2.82. The third kappa shape index (κ3) is 3.30. The zero-order valence-corrected chi connectivity index (χ0v) is 11.2. The topological polar surface area (TPSA) is 21.3 Å². The highest BCUT2D eigenvalue weighted by molar-refractivity contribution is 7.11.